The van der Waals surface area contributed by atoms with Crippen molar-refractivity contribution in [2.45, 2.75) is 17.0 Å². The lowest BCUT2D eigenvalue weighted by atomic mass is 9.59. The fraction of sp³-hybridized carbons (Fsp3) is 0.667. The van der Waals surface area contributed by atoms with Gasteiger partial charge in [0.1, 0.15) is 5.92 Å². The normalized spacial score (nSPS) is 39.7. The third kappa shape index (κ3) is 1.50. The predicted molar refractivity (Wildman–Crippen MR) is 81.7 cm³/mol. The quantitative estimate of drug-likeness (QED) is 0.448. The van der Waals surface area contributed by atoms with Crippen LogP contribution in [0.4, 0.5) is 0 Å². The van der Waals surface area contributed by atoms with Crippen molar-refractivity contribution in [3.63, 3.8) is 0 Å². The summed E-state index contributed by atoms with van der Waals surface area (Å²) in [6.07, 6.45) is 0. The monoisotopic (exact) mass is 319 g/mol. The van der Waals surface area contributed by atoms with Crippen LogP contribution in [0, 0.1) is 26.1 Å². The van der Waals surface area contributed by atoms with Crippen molar-refractivity contribution in [1.29, 1.82) is 0 Å². The molecule has 0 bridgehead atoms. The zero-order valence-electron chi connectivity index (χ0n) is 13.1. The van der Waals surface area contributed by atoms with Crippen molar-refractivity contribution >= 4 is 0 Å². The SMILES string of the molecule is CN1CC2C([N+](=O)[O-])(C1)c1[cH-]ccc1C1CN(C)CC12[N+](=O)[O-]. The van der Waals surface area contributed by atoms with Gasteiger partial charge in [0.25, 0.3) is 0 Å². The van der Waals surface area contributed by atoms with Crippen LogP contribution in [0.15, 0.2) is 18.2 Å². The lowest BCUT2D eigenvalue weighted by molar-refractivity contribution is -0.634. The van der Waals surface area contributed by atoms with E-state index < -0.39 is 17.0 Å². The van der Waals surface area contributed by atoms with E-state index in [2.05, 4.69) is 0 Å². The Labute approximate surface area is 133 Å². The van der Waals surface area contributed by atoms with Gasteiger partial charge in [-0.05, 0) is 14.1 Å². The summed E-state index contributed by atoms with van der Waals surface area (Å²) in [4.78, 5) is 27.7. The molecule has 2 fully saturated rings. The Bertz CT molecular complexity index is 703. The molecule has 2 saturated heterocycles. The number of likely N-dealkylation sites (N-methyl/N-ethyl adjacent to an activating group) is 2. The van der Waals surface area contributed by atoms with Gasteiger partial charge in [-0.3, -0.25) is 30.0 Å². The molecule has 0 saturated carbocycles. The summed E-state index contributed by atoms with van der Waals surface area (Å²) in [7, 11) is 3.67. The summed E-state index contributed by atoms with van der Waals surface area (Å²) in [5, 5.41) is 24.3. The summed E-state index contributed by atoms with van der Waals surface area (Å²) in [6, 6.07) is 5.45. The fourth-order valence-electron chi connectivity index (χ4n) is 5.42. The largest absolute Gasteiger partial charge is 0.300 e. The highest BCUT2D eigenvalue weighted by atomic mass is 16.6. The molecule has 2 heterocycles. The smallest absolute Gasteiger partial charge is 0.248 e. The minimum absolute atomic E-state index is 0.223. The minimum Gasteiger partial charge on any atom is -0.300 e. The second-order valence-corrected chi connectivity index (χ2v) is 7.32. The maximum Gasteiger partial charge on any atom is 0.248 e. The van der Waals surface area contributed by atoms with Gasteiger partial charge in [-0.25, -0.2) is 6.07 Å². The number of nitro groups is 2. The molecule has 4 rings (SSSR count). The molecule has 1 aromatic rings. The standard InChI is InChI=1S/C15H19N4O4/c1-16-6-12-10-4-3-5-11(10)14(18(20)21)8-17(2)7-13(14)15(12,9-16)19(22)23/h3-5,12-13H,6-9H2,1-2H3/q-1. The molecule has 0 spiro atoms. The molecule has 4 atom stereocenters. The third-order valence-corrected chi connectivity index (χ3v) is 6.16. The third-order valence-electron chi connectivity index (χ3n) is 6.16. The number of likely N-dealkylation sites (tertiary alicyclic amines) is 2. The Kier molecular flexibility index (Phi) is 2.76. The Morgan fingerprint density at radius 3 is 2.52 bits per heavy atom. The van der Waals surface area contributed by atoms with E-state index in [0.717, 1.165) is 5.56 Å². The second-order valence-electron chi connectivity index (χ2n) is 7.32. The van der Waals surface area contributed by atoms with Crippen LogP contribution < -0.4 is 0 Å². The van der Waals surface area contributed by atoms with Crippen LogP contribution in [-0.4, -0.2) is 65.5 Å². The first-order chi connectivity index (χ1) is 10.8. The molecule has 0 amide bonds. The van der Waals surface area contributed by atoms with E-state index in [4.69, 9.17) is 0 Å². The van der Waals surface area contributed by atoms with Gasteiger partial charge in [0.05, 0.1) is 13.1 Å². The van der Waals surface area contributed by atoms with E-state index in [1.807, 2.05) is 30.0 Å². The van der Waals surface area contributed by atoms with Gasteiger partial charge in [-0.1, -0.05) is 5.56 Å². The van der Waals surface area contributed by atoms with Gasteiger partial charge in [0, 0.05) is 28.9 Å². The first-order valence-corrected chi connectivity index (χ1v) is 7.76. The molecule has 1 aliphatic carbocycles. The number of nitrogens with zero attached hydrogens (tertiary/aromatic N) is 4. The lowest BCUT2D eigenvalue weighted by Gasteiger charge is -2.45. The Morgan fingerprint density at radius 2 is 1.87 bits per heavy atom. The molecular formula is C15H19N4O4-. The van der Waals surface area contributed by atoms with E-state index in [9.17, 15) is 20.2 Å². The molecule has 0 aromatic heterocycles. The average molecular weight is 319 g/mol. The maximum atomic E-state index is 12.2. The summed E-state index contributed by atoms with van der Waals surface area (Å²) in [5.74, 6) is -0.896. The second kappa shape index (κ2) is 4.33. The predicted octanol–water partition coefficient (Wildman–Crippen LogP) is 0.497. The lowest BCUT2D eigenvalue weighted by Crippen LogP contribution is -2.63. The molecule has 23 heavy (non-hydrogen) atoms. The van der Waals surface area contributed by atoms with E-state index >= 15 is 0 Å². The summed E-state index contributed by atoms with van der Waals surface area (Å²) >= 11 is 0. The molecule has 8 heteroatoms. The molecular weight excluding hydrogens is 300 g/mol. The number of hydrogen-bond acceptors (Lipinski definition) is 6. The van der Waals surface area contributed by atoms with Crippen LogP contribution in [0.1, 0.15) is 17.0 Å². The number of rotatable bonds is 2. The minimum atomic E-state index is -1.37. The molecule has 2 aliphatic heterocycles. The topological polar surface area (TPSA) is 92.8 Å². The molecule has 124 valence electrons. The molecule has 1 aromatic carbocycles. The van der Waals surface area contributed by atoms with Crippen LogP contribution >= 0.6 is 0 Å². The van der Waals surface area contributed by atoms with Gasteiger partial charge >= 0.3 is 0 Å². The van der Waals surface area contributed by atoms with Gasteiger partial charge < -0.3 is 0 Å². The Hall–Kier alpha value is -1.93. The van der Waals surface area contributed by atoms with Crippen molar-refractivity contribution < 1.29 is 9.85 Å². The highest BCUT2D eigenvalue weighted by Gasteiger charge is 2.75. The van der Waals surface area contributed by atoms with Crippen molar-refractivity contribution in [1.82, 2.24) is 9.80 Å². The van der Waals surface area contributed by atoms with E-state index in [0.29, 0.717) is 18.7 Å². The summed E-state index contributed by atoms with van der Waals surface area (Å²) in [6.45, 7) is 1.46. The molecule has 0 N–H and O–H groups in total. The van der Waals surface area contributed by atoms with E-state index in [-0.39, 0.29) is 28.9 Å². The number of hydrogen-bond donors (Lipinski definition) is 0. The Balaban J connectivity index is 2.04. The first kappa shape index (κ1) is 14.6. The van der Waals surface area contributed by atoms with Crippen molar-refractivity contribution in [2.75, 3.05) is 40.3 Å². The fourth-order valence-corrected chi connectivity index (χ4v) is 5.42. The van der Waals surface area contributed by atoms with Crippen molar-refractivity contribution in [3.05, 3.63) is 49.6 Å². The molecule has 3 aliphatic rings. The first-order valence-electron chi connectivity index (χ1n) is 7.76. The van der Waals surface area contributed by atoms with Gasteiger partial charge in [-0.15, -0.1) is 0 Å². The van der Waals surface area contributed by atoms with E-state index in [1.54, 1.807) is 12.1 Å². The van der Waals surface area contributed by atoms with Crippen molar-refractivity contribution in [3.8, 4) is 0 Å². The van der Waals surface area contributed by atoms with Gasteiger partial charge in [0.15, 0.2) is 0 Å². The molecule has 4 unspecified atom stereocenters. The maximum absolute atomic E-state index is 12.2. The average Bonchev–Trinajstić information content (AvgIpc) is 3.12. The zero-order chi connectivity index (χ0) is 16.6. The van der Waals surface area contributed by atoms with Crippen LogP contribution in [0.5, 0.6) is 0 Å². The van der Waals surface area contributed by atoms with Gasteiger partial charge in [0.2, 0.25) is 11.1 Å². The van der Waals surface area contributed by atoms with Gasteiger partial charge in [-0.2, -0.15) is 17.7 Å². The van der Waals surface area contributed by atoms with Crippen LogP contribution in [0.3, 0.4) is 0 Å². The number of fused-ring (bicyclic) bond motifs is 6. The Morgan fingerprint density at radius 1 is 1.17 bits per heavy atom. The summed E-state index contributed by atoms with van der Waals surface area (Å²) in [5.41, 5.74) is -1.17. The van der Waals surface area contributed by atoms with E-state index in [1.165, 1.54) is 0 Å². The highest BCUT2D eigenvalue weighted by molar-refractivity contribution is 5.46. The molecule has 8 nitrogen and oxygen atoms in total. The highest BCUT2D eigenvalue weighted by Crippen LogP contribution is 2.59. The van der Waals surface area contributed by atoms with Crippen molar-refractivity contribution in [2.24, 2.45) is 5.92 Å². The zero-order valence-corrected chi connectivity index (χ0v) is 13.1. The molecule has 0 radical (unpaired) electrons. The van der Waals surface area contributed by atoms with Crippen LogP contribution in [0.2, 0.25) is 0 Å². The van der Waals surface area contributed by atoms with Crippen LogP contribution in [-0.2, 0) is 5.54 Å². The van der Waals surface area contributed by atoms with Crippen LogP contribution in [0.25, 0.3) is 0 Å². The summed E-state index contributed by atoms with van der Waals surface area (Å²) < 4.78 is 0.